The minimum Gasteiger partial charge on any atom is -0.377 e. The smallest absolute Gasteiger partial charge is 0.176 e. The number of methoxy groups -OCH3 is 2. The van der Waals surface area contributed by atoms with E-state index >= 15 is 0 Å². The third kappa shape index (κ3) is 3.97. The standard InChI is InChI=1S/C12H19NO4S/c1-9(12(16-2)17-3)13-10-6-5-7-11(8-10)18(4,14)15/h5-9,12-13H,1-4H3. The van der Waals surface area contributed by atoms with Crippen LogP contribution in [0.15, 0.2) is 29.2 Å². The third-order valence-corrected chi connectivity index (χ3v) is 3.64. The van der Waals surface area contributed by atoms with Crippen LogP contribution < -0.4 is 5.32 Å². The van der Waals surface area contributed by atoms with E-state index in [1.54, 1.807) is 38.5 Å². The molecule has 0 saturated heterocycles. The predicted molar refractivity (Wildman–Crippen MR) is 70.4 cm³/mol. The van der Waals surface area contributed by atoms with Gasteiger partial charge in [-0.3, -0.25) is 0 Å². The van der Waals surface area contributed by atoms with Crippen molar-refractivity contribution in [3.8, 4) is 0 Å². The topological polar surface area (TPSA) is 64.6 Å². The highest BCUT2D eigenvalue weighted by atomic mass is 32.2. The summed E-state index contributed by atoms with van der Waals surface area (Å²) in [5.74, 6) is 0. The second-order valence-corrected chi connectivity index (χ2v) is 6.09. The van der Waals surface area contributed by atoms with E-state index < -0.39 is 16.1 Å². The second-order valence-electron chi connectivity index (χ2n) is 4.07. The van der Waals surface area contributed by atoms with Crippen molar-refractivity contribution in [2.45, 2.75) is 24.2 Å². The molecule has 1 rings (SSSR count). The Balaban J connectivity index is 2.86. The molecule has 0 aromatic heterocycles. The molecule has 1 aromatic rings. The lowest BCUT2D eigenvalue weighted by Crippen LogP contribution is -2.33. The summed E-state index contributed by atoms with van der Waals surface area (Å²) in [5, 5.41) is 3.14. The Morgan fingerprint density at radius 1 is 1.22 bits per heavy atom. The van der Waals surface area contributed by atoms with Crippen LogP contribution in [0, 0.1) is 0 Å². The van der Waals surface area contributed by atoms with Gasteiger partial charge in [-0.2, -0.15) is 0 Å². The van der Waals surface area contributed by atoms with Crippen molar-refractivity contribution >= 4 is 15.5 Å². The first-order chi connectivity index (χ1) is 8.38. The molecule has 0 amide bonds. The van der Waals surface area contributed by atoms with Gasteiger partial charge in [-0.1, -0.05) is 6.07 Å². The average Bonchev–Trinajstić information content (AvgIpc) is 2.29. The maximum Gasteiger partial charge on any atom is 0.176 e. The summed E-state index contributed by atoms with van der Waals surface area (Å²) in [6, 6.07) is 6.55. The first-order valence-electron chi connectivity index (χ1n) is 5.50. The van der Waals surface area contributed by atoms with Crippen LogP contribution in [0.5, 0.6) is 0 Å². The fraction of sp³-hybridized carbons (Fsp3) is 0.500. The van der Waals surface area contributed by atoms with Gasteiger partial charge in [0.05, 0.1) is 10.9 Å². The molecule has 6 heteroatoms. The second kappa shape index (κ2) is 6.17. The molecule has 0 spiro atoms. The molecule has 102 valence electrons. The molecule has 0 radical (unpaired) electrons. The predicted octanol–water partition coefficient (Wildman–Crippen LogP) is 1.51. The van der Waals surface area contributed by atoms with E-state index in [1.807, 2.05) is 6.92 Å². The Labute approximate surface area is 108 Å². The first-order valence-corrected chi connectivity index (χ1v) is 7.40. The maximum atomic E-state index is 11.4. The van der Waals surface area contributed by atoms with Crippen LogP contribution >= 0.6 is 0 Å². The normalized spacial score (nSPS) is 13.6. The molecule has 18 heavy (non-hydrogen) atoms. The molecule has 1 atom stereocenters. The number of anilines is 1. The van der Waals surface area contributed by atoms with Crippen LogP contribution in [-0.4, -0.2) is 41.2 Å². The molecule has 1 aromatic carbocycles. The summed E-state index contributed by atoms with van der Waals surface area (Å²) >= 11 is 0. The molecule has 0 bridgehead atoms. The fourth-order valence-corrected chi connectivity index (χ4v) is 2.32. The lowest BCUT2D eigenvalue weighted by molar-refractivity contribution is -0.109. The average molecular weight is 273 g/mol. The fourth-order valence-electron chi connectivity index (χ4n) is 1.65. The summed E-state index contributed by atoms with van der Waals surface area (Å²) < 4.78 is 33.1. The summed E-state index contributed by atoms with van der Waals surface area (Å²) in [7, 11) is -0.0853. The van der Waals surface area contributed by atoms with Crippen LogP contribution in [0.1, 0.15) is 6.92 Å². The molecule has 0 fully saturated rings. The zero-order chi connectivity index (χ0) is 13.8. The van der Waals surface area contributed by atoms with E-state index in [9.17, 15) is 8.42 Å². The van der Waals surface area contributed by atoms with Crippen molar-refractivity contribution in [1.82, 2.24) is 0 Å². The van der Waals surface area contributed by atoms with Gasteiger partial charge in [-0.15, -0.1) is 0 Å². The molecule has 0 aliphatic heterocycles. The lowest BCUT2D eigenvalue weighted by Gasteiger charge is -2.23. The molecule has 0 heterocycles. The van der Waals surface area contributed by atoms with Crippen LogP contribution in [0.3, 0.4) is 0 Å². The van der Waals surface area contributed by atoms with Gasteiger partial charge >= 0.3 is 0 Å². The molecule has 5 nitrogen and oxygen atoms in total. The van der Waals surface area contributed by atoms with Crippen molar-refractivity contribution in [1.29, 1.82) is 0 Å². The first kappa shape index (κ1) is 14.9. The molecule has 1 N–H and O–H groups in total. The minimum atomic E-state index is -3.19. The molecular formula is C12H19NO4S. The summed E-state index contributed by atoms with van der Waals surface area (Å²) in [4.78, 5) is 0.283. The lowest BCUT2D eigenvalue weighted by atomic mass is 10.2. The molecule has 0 aliphatic carbocycles. The van der Waals surface area contributed by atoms with Gasteiger partial charge in [0, 0.05) is 26.2 Å². The molecule has 0 aliphatic rings. The maximum absolute atomic E-state index is 11.4. The van der Waals surface area contributed by atoms with Gasteiger partial charge in [-0.05, 0) is 25.1 Å². The van der Waals surface area contributed by atoms with E-state index in [1.165, 1.54) is 6.26 Å². The summed E-state index contributed by atoms with van der Waals surface area (Å²) in [5.41, 5.74) is 0.713. The van der Waals surface area contributed by atoms with Gasteiger partial charge in [0.25, 0.3) is 0 Å². The van der Waals surface area contributed by atoms with Crippen LogP contribution in [0.2, 0.25) is 0 Å². The zero-order valence-electron chi connectivity index (χ0n) is 11.0. The van der Waals surface area contributed by atoms with E-state index in [2.05, 4.69) is 5.32 Å². The van der Waals surface area contributed by atoms with Gasteiger partial charge in [-0.25, -0.2) is 8.42 Å². The van der Waals surface area contributed by atoms with Crippen molar-refractivity contribution in [2.24, 2.45) is 0 Å². The Morgan fingerprint density at radius 2 is 1.83 bits per heavy atom. The Morgan fingerprint density at radius 3 is 2.33 bits per heavy atom. The number of benzene rings is 1. The highest BCUT2D eigenvalue weighted by Gasteiger charge is 2.16. The zero-order valence-corrected chi connectivity index (χ0v) is 11.8. The van der Waals surface area contributed by atoms with Gasteiger partial charge in [0.1, 0.15) is 0 Å². The van der Waals surface area contributed by atoms with Gasteiger partial charge in [0.15, 0.2) is 16.1 Å². The summed E-state index contributed by atoms with van der Waals surface area (Å²) in [6.07, 6.45) is 0.787. The van der Waals surface area contributed by atoms with Crippen molar-refractivity contribution < 1.29 is 17.9 Å². The Hall–Kier alpha value is -1.11. The number of nitrogens with one attached hydrogen (secondary N) is 1. The molecule has 1 unspecified atom stereocenters. The van der Waals surface area contributed by atoms with Crippen LogP contribution in [0.4, 0.5) is 5.69 Å². The number of rotatable bonds is 6. The van der Waals surface area contributed by atoms with E-state index in [0.717, 1.165) is 0 Å². The number of sulfone groups is 1. The van der Waals surface area contributed by atoms with E-state index in [4.69, 9.17) is 9.47 Å². The Kier molecular flexibility index (Phi) is 5.13. The van der Waals surface area contributed by atoms with Crippen molar-refractivity contribution in [2.75, 3.05) is 25.8 Å². The quantitative estimate of drug-likeness (QED) is 0.796. The van der Waals surface area contributed by atoms with Crippen LogP contribution in [-0.2, 0) is 19.3 Å². The SMILES string of the molecule is COC(OC)C(C)Nc1cccc(S(C)(=O)=O)c1. The molecule has 0 saturated carbocycles. The van der Waals surface area contributed by atoms with E-state index in [-0.39, 0.29) is 10.9 Å². The molecular weight excluding hydrogens is 254 g/mol. The minimum absolute atomic E-state index is 0.102. The number of ether oxygens (including phenoxy) is 2. The van der Waals surface area contributed by atoms with Crippen LogP contribution in [0.25, 0.3) is 0 Å². The highest BCUT2D eigenvalue weighted by Crippen LogP contribution is 2.17. The van der Waals surface area contributed by atoms with Gasteiger partial charge in [0.2, 0.25) is 0 Å². The number of hydrogen-bond donors (Lipinski definition) is 1. The third-order valence-electron chi connectivity index (χ3n) is 2.53. The van der Waals surface area contributed by atoms with Gasteiger partial charge < -0.3 is 14.8 Å². The Bertz CT molecular complexity index is 483. The van der Waals surface area contributed by atoms with Crippen molar-refractivity contribution in [3.05, 3.63) is 24.3 Å². The van der Waals surface area contributed by atoms with Crippen molar-refractivity contribution in [3.63, 3.8) is 0 Å². The largest absolute Gasteiger partial charge is 0.377 e. The number of hydrogen-bond acceptors (Lipinski definition) is 5. The highest BCUT2D eigenvalue weighted by molar-refractivity contribution is 7.90. The van der Waals surface area contributed by atoms with E-state index in [0.29, 0.717) is 5.69 Å². The monoisotopic (exact) mass is 273 g/mol. The summed E-state index contributed by atoms with van der Waals surface area (Å²) in [6.45, 7) is 1.89.